The van der Waals surface area contributed by atoms with Gasteiger partial charge in [-0.05, 0) is 83.6 Å². The predicted octanol–water partition coefficient (Wildman–Crippen LogP) is 4.33. The lowest BCUT2D eigenvalue weighted by atomic mass is 9.84. The molecule has 0 saturated heterocycles. The molecule has 10 nitrogen and oxygen atoms in total. The fourth-order valence-electron chi connectivity index (χ4n) is 4.69. The molecule has 1 amide bonds. The van der Waals surface area contributed by atoms with E-state index in [4.69, 9.17) is 11.6 Å². The van der Waals surface area contributed by atoms with Gasteiger partial charge in [-0.1, -0.05) is 19.1 Å². The lowest BCUT2D eigenvalue weighted by molar-refractivity contribution is 0.0965. The van der Waals surface area contributed by atoms with Gasteiger partial charge in [0.2, 0.25) is 0 Å². The second-order valence-corrected chi connectivity index (χ2v) is 11.5. The molecule has 10 heteroatoms. The second kappa shape index (κ2) is 14.2. The zero-order chi connectivity index (χ0) is 31.9. The Labute approximate surface area is 256 Å². The molecule has 1 aliphatic carbocycles. The van der Waals surface area contributed by atoms with E-state index in [1.165, 1.54) is 5.01 Å². The van der Waals surface area contributed by atoms with E-state index in [0.717, 1.165) is 60.0 Å². The van der Waals surface area contributed by atoms with Crippen LogP contribution < -0.4 is 21.9 Å². The van der Waals surface area contributed by atoms with E-state index >= 15 is 0 Å². The van der Waals surface area contributed by atoms with Gasteiger partial charge in [-0.2, -0.15) is 10.4 Å². The first-order valence-electron chi connectivity index (χ1n) is 14.7. The van der Waals surface area contributed by atoms with Crippen molar-refractivity contribution in [3.05, 3.63) is 88.2 Å². The van der Waals surface area contributed by atoms with E-state index in [1.807, 2.05) is 46.9 Å². The average molecular weight is 586 g/mol. The molecule has 0 spiro atoms. The maximum atomic E-state index is 13.5. The first-order chi connectivity index (χ1) is 20.3. The summed E-state index contributed by atoms with van der Waals surface area (Å²) in [5, 5.41) is 18.7. The molecule has 0 radical (unpaired) electrons. The van der Waals surface area contributed by atoms with Crippen molar-refractivity contribution >= 4 is 17.3 Å². The first-order valence-corrected chi connectivity index (χ1v) is 14.7. The third-order valence-electron chi connectivity index (χ3n) is 8.05. The van der Waals surface area contributed by atoms with Gasteiger partial charge in [0, 0.05) is 67.5 Å². The highest BCUT2D eigenvalue weighted by Crippen LogP contribution is 2.32. The summed E-state index contributed by atoms with van der Waals surface area (Å²) in [7, 11) is 3.96. The molecule has 1 aliphatic rings. The van der Waals surface area contributed by atoms with Crippen LogP contribution in [0.4, 0.5) is 5.69 Å². The van der Waals surface area contributed by atoms with Gasteiger partial charge >= 0.3 is 0 Å². The summed E-state index contributed by atoms with van der Waals surface area (Å²) in [5.41, 5.74) is 12.4. The van der Waals surface area contributed by atoms with Crippen LogP contribution in [-0.4, -0.2) is 58.7 Å². The summed E-state index contributed by atoms with van der Waals surface area (Å²) >= 11 is 0. The summed E-state index contributed by atoms with van der Waals surface area (Å²) in [5.74, 6) is 6.15. The number of aromatic nitrogens is 2. The third kappa shape index (κ3) is 8.15. The highest BCUT2D eigenvalue weighted by Gasteiger charge is 2.25. The Morgan fingerprint density at radius 3 is 2.53 bits per heavy atom. The quantitative estimate of drug-likeness (QED) is 0.248. The Morgan fingerprint density at radius 2 is 1.93 bits per heavy atom. The summed E-state index contributed by atoms with van der Waals surface area (Å²) < 4.78 is 1.75. The zero-order valence-electron chi connectivity index (χ0n) is 26.9. The molecular weight excluding hydrogens is 538 g/mol. The minimum Gasteiger partial charge on any atom is -0.397 e. The van der Waals surface area contributed by atoms with Gasteiger partial charge in [-0.25, -0.2) is 5.84 Å². The Kier molecular flexibility index (Phi) is 11.0. The number of nitrogens with one attached hydrogen (secondary N) is 1. The van der Waals surface area contributed by atoms with Crippen LogP contribution in [0.25, 0.3) is 5.70 Å². The molecule has 1 heterocycles. The van der Waals surface area contributed by atoms with Crippen molar-refractivity contribution in [3.8, 4) is 6.07 Å². The van der Waals surface area contributed by atoms with Crippen LogP contribution in [0.5, 0.6) is 0 Å². The number of aryl methyl sites for hydroxylation is 2. The number of hydrogen-bond donors (Lipinski definition) is 3. The number of nitriles is 1. The number of nitrogens with two attached hydrogens (primary N) is 2. The molecule has 1 aromatic heterocycles. The van der Waals surface area contributed by atoms with E-state index in [2.05, 4.69) is 59.3 Å². The van der Waals surface area contributed by atoms with Crippen molar-refractivity contribution < 1.29 is 4.79 Å². The molecule has 0 aliphatic heterocycles. The Morgan fingerprint density at radius 1 is 1.21 bits per heavy atom. The van der Waals surface area contributed by atoms with Crippen molar-refractivity contribution in [1.82, 2.24) is 24.9 Å². The molecule has 43 heavy (non-hydrogen) atoms. The van der Waals surface area contributed by atoms with Crippen LogP contribution >= 0.6 is 0 Å². The fraction of sp³-hybridized carbons (Fsp3) is 0.424. The Balaban J connectivity index is 1.87. The topological polar surface area (TPSA) is 132 Å². The second-order valence-electron chi connectivity index (χ2n) is 11.5. The van der Waals surface area contributed by atoms with Gasteiger partial charge < -0.3 is 20.9 Å². The monoisotopic (exact) mass is 585 g/mol. The maximum Gasteiger partial charge on any atom is 0.255 e. The van der Waals surface area contributed by atoms with E-state index in [1.54, 1.807) is 29.2 Å². The van der Waals surface area contributed by atoms with Crippen molar-refractivity contribution in [1.29, 1.82) is 5.26 Å². The third-order valence-corrected chi connectivity index (χ3v) is 8.05. The van der Waals surface area contributed by atoms with E-state index in [0.29, 0.717) is 23.4 Å². The standard InChI is InChI=1S/C33H47N9O/c1-9-39(7)15-16-41(10-2)28-14-13-27(18-26(19-28)33(5,6)22-34)38-32(43)25-12-11-23(3)31(17-25)42(36)21-30(35)29-20-37-40(8)24(29)4/h11-12,14,17-21H,9-10,13,15-16,35-36H2,1-8H3,(H,38,43)/b30-21-. The number of likely N-dealkylation sites (N-methyl/N-ethyl adjacent to an activating group) is 2. The van der Waals surface area contributed by atoms with Crippen molar-refractivity contribution in [2.24, 2.45) is 24.0 Å². The first kappa shape index (κ1) is 33.2. The zero-order valence-corrected chi connectivity index (χ0v) is 26.9. The van der Waals surface area contributed by atoms with Crippen LogP contribution in [-0.2, 0) is 7.05 Å². The minimum atomic E-state index is -0.741. The highest BCUT2D eigenvalue weighted by molar-refractivity contribution is 5.96. The van der Waals surface area contributed by atoms with Crippen LogP contribution in [0.3, 0.4) is 0 Å². The highest BCUT2D eigenvalue weighted by atomic mass is 16.1. The number of allylic oxidation sites excluding steroid dienone is 4. The lowest BCUT2D eigenvalue weighted by Gasteiger charge is -2.28. The molecule has 0 atom stereocenters. The number of nitrogens with zero attached hydrogens (tertiary/aromatic N) is 6. The minimum absolute atomic E-state index is 0.260. The van der Waals surface area contributed by atoms with Crippen LogP contribution in [0.2, 0.25) is 0 Å². The molecule has 3 rings (SSSR count). The molecular formula is C33H47N9O. The summed E-state index contributed by atoms with van der Waals surface area (Å²) in [6, 6.07) is 7.81. The van der Waals surface area contributed by atoms with Gasteiger partial charge in [0.05, 0.1) is 29.1 Å². The van der Waals surface area contributed by atoms with Crippen molar-refractivity contribution in [2.75, 3.05) is 38.2 Å². The van der Waals surface area contributed by atoms with E-state index in [9.17, 15) is 10.1 Å². The van der Waals surface area contributed by atoms with Crippen LogP contribution in [0, 0.1) is 30.6 Å². The predicted molar refractivity (Wildman–Crippen MR) is 174 cm³/mol. The summed E-state index contributed by atoms with van der Waals surface area (Å²) in [6.45, 7) is 15.5. The number of benzene rings is 1. The number of hydrogen-bond acceptors (Lipinski definition) is 8. The van der Waals surface area contributed by atoms with Crippen LogP contribution in [0.1, 0.15) is 61.3 Å². The lowest BCUT2D eigenvalue weighted by Crippen LogP contribution is -2.32. The number of carbonyl (C=O) groups excluding carboxylic acids is 1. The van der Waals surface area contributed by atoms with Gasteiger partial charge in [0.25, 0.3) is 5.91 Å². The van der Waals surface area contributed by atoms with Crippen LogP contribution in [0.15, 0.2) is 65.8 Å². The smallest absolute Gasteiger partial charge is 0.255 e. The average Bonchev–Trinajstić information content (AvgIpc) is 3.17. The molecule has 1 aromatic carbocycles. The van der Waals surface area contributed by atoms with Crippen molar-refractivity contribution in [2.45, 2.75) is 48.0 Å². The molecule has 0 bridgehead atoms. The molecule has 230 valence electrons. The van der Waals surface area contributed by atoms with E-state index in [-0.39, 0.29) is 5.91 Å². The molecule has 2 aromatic rings. The van der Waals surface area contributed by atoms with Gasteiger partial charge in [-0.15, -0.1) is 0 Å². The number of amides is 1. The largest absolute Gasteiger partial charge is 0.397 e. The van der Waals surface area contributed by atoms with Gasteiger partial charge in [0.15, 0.2) is 0 Å². The number of rotatable bonds is 12. The van der Waals surface area contributed by atoms with Gasteiger partial charge in [0.1, 0.15) is 0 Å². The molecule has 0 fully saturated rings. The Hall–Kier alpha value is -4.33. The Bertz CT molecular complexity index is 1490. The SMILES string of the molecule is CCN(C)CCN(CC)C1=CCC(NC(=O)c2ccc(C)c(N(N)/C=C(\N)c3cnn(C)c3C)c2)=CC(C(C)(C)C#N)=C1. The number of anilines is 1. The normalized spacial score (nSPS) is 14.0. The summed E-state index contributed by atoms with van der Waals surface area (Å²) in [4.78, 5) is 18.1. The van der Waals surface area contributed by atoms with Gasteiger partial charge in [-0.3, -0.25) is 14.5 Å². The molecule has 0 unspecified atom stereocenters. The van der Waals surface area contributed by atoms with E-state index < -0.39 is 5.41 Å². The summed E-state index contributed by atoms with van der Waals surface area (Å²) in [6.07, 6.45) is 9.99. The fourth-order valence-corrected chi connectivity index (χ4v) is 4.69. The van der Waals surface area contributed by atoms with Crippen molar-refractivity contribution in [3.63, 3.8) is 0 Å². The number of carbonyl (C=O) groups is 1. The molecule has 0 saturated carbocycles. The molecule has 5 N–H and O–H groups in total. The maximum absolute atomic E-state index is 13.5. The number of hydrazine groups is 1.